The van der Waals surface area contributed by atoms with Gasteiger partial charge >= 0.3 is 0 Å². The molecule has 0 saturated heterocycles. The van der Waals surface area contributed by atoms with E-state index in [1.54, 1.807) is 0 Å². The van der Waals surface area contributed by atoms with Crippen LogP contribution < -0.4 is 16.0 Å². The lowest BCUT2D eigenvalue weighted by atomic mass is 9.95. The molecule has 5 nitrogen and oxygen atoms in total. The molecule has 25 heavy (non-hydrogen) atoms. The molecule has 0 aromatic heterocycles. The van der Waals surface area contributed by atoms with Gasteiger partial charge in [-0.05, 0) is 25.3 Å². The summed E-state index contributed by atoms with van der Waals surface area (Å²) >= 11 is 0. The Bertz CT molecular complexity index is 515. The molecule has 140 valence electrons. The number of nitrogens with one attached hydrogen (secondary N) is 3. The zero-order valence-corrected chi connectivity index (χ0v) is 17.4. The van der Waals surface area contributed by atoms with Crippen LogP contribution in [0.2, 0.25) is 0 Å². The van der Waals surface area contributed by atoms with Gasteiger partial charge in [0.2, 0.25) is 5.91 Å². The lowest BCUT2D eigenvalue weighted by Crippen LogP contribution is -2.41. The molecule has 1 aromatic carbocycles. The average molecular weight is 458 g/mol. The van der Waals surface area contributed by atoms with E-state index >= 15 is 0 Å². The van der Waals surface area contributed by atoms with Gasteiger partial charge < -0.3 is 16.0 Å². The van der Waals surface area contributed by atoms with E-state index in [1.807, 2.05) is 25.1 Å². The van der Waals surface area contributed by atoms with Gasteiger partial charge in [-0.3, -0.25) is 4.79 Å². The van der Waals surface area contributed by atoms with Gasteiger partial charge in [0.05, 0.1) is 6.54 Å². The molecule has 0 heterocycles. The normalized spacial score (nSPS) is 15.2. The number of amides is 1. The molecule has 1 aliphatic carbocycles. The predicted octanol–water partition coefficient (Wildman–Crippen LogP) is 3.20. The van der Waals surface area contributed by atoms with Gasteiger partial charge in [-0.2, -0.15) is 0 Å². The standard InChI is InChI=1S/C19H30N4O.HI/c1-2-20-19(22-15-16-9-5-3-6-10-16)21-14-13-18(24)23-17-11-7-4-8-12-17;/h3,5-6,9-10,17H,2,4,7-8,11-15H2,1H3,(H,23,24)(H2,20,21,22);1H. The lowest BCUT2D eigenvalue weighted by Gasteiger charge is -2.22. The van der Waals surface area contributed by atoms with Crippen molar-refractivity contribution in [3.05, 3.63) is 35.9 Å². The Morgan fingerprint density at radius 1 is 1.12 bits per heavy atom. The molecule has 1 saturated carbocycles. The molecule has 6 heteroatoms. The van der Waals surface area contributed by atoms with Crippen LogP contribution in [0.25, 0.3) is 0 Å². The maximum Gasteiger partial charge on any atom is 0.221 e. The maximum atomic E-state index is 12.0. The van der Waals surface area contributed by atoms with Gasteiger partial charge in [0.1, 0.15) is 0 Å². The fourth-order valence-electron chi connectivity index (χ4n) is 2.94. The van der Waals surface area contributed by atoms with Crippen molar-refractivity contribution in [3.8, 4) is 0 Å². The van der Waals surface area contributed by atoms with Gasteiger partial charge in [-0.15, -0.1) is 24.0 Å². The minimum Gasteiger partial charge on any atom is -0.357 e. The maximum absolute atomic E-state index is 12.0. The number of guanidine groups is 1. The van der Waals surface area contributed by atoms with Crippen LogP contribution in [-0.2, 0) is 11.3 Å². The Balaban J connectivity index is 0.00000312. The number of nitrogens with zero attached hydrogens (tertiary/aromatic N) is 1. The van der Waals surface area contributed by atoms with Crippen LogP contribution in [0.1, 0.15) is 51.0 Å². The number of aliphatic imine (C=N–C) groups is 1. The van der Waals surface area contributed by atoms with Crippen LogP contribution in [0.3, 0.4) is 0 Å². The molecule has 0 spiro atoms. The molecule has 3 N–H and O–H groups in total. The Hall–Kier alpha value is -1.31. The molecule has 1 amide bonds. The van der Waals surface area contributed by atoms with E-state index in [0.717, 1.165) is 25.3 Å². The summed E-state index contributed by atoms with van der Waals surface area (Å²) in [5, 5.41) is 9.60. The number of benzene rings is 1. The SMILES string of the molecule is CCNC(=NCc1ccccc1)NCCC(=O)NC1CCCCC1.I. The minimum atomic E-state index is 0. The third-order valence-corrected chi connectivity index (χ3v) is 4.22. The van der Waals surface area contributed by atoms with Gasteiger partial charge in [0.15, 0.2) is 5.96 Å². The third-order valence-electron chi connectivity index (χ3n) is 4.22. The van der Waals surface area contributed by atoms with E-state index in [9.17, 15) is 4.79 Å². The predicted molar refractivity (Wildman–Crippen MR) is 114 cm³/mol. The number of carbonyl (C=O) groups is 1. The third kappa shape index (κ3) is 9.09. The van der Waals surface area contributed by atoms with Gasteiger partial charge in [-0.25, -0.2) is 4.99 Å². The van der Waals surface area contributed by atoms with Crippen molar-refractivity contribution in [1.82, 2.24) is 16.0 Å². The number of halogens is 1. The Morgan fingerprint density at radius 2 is 1.84 bits per heavy atom. The van der Waals surface area contributed by atoms with Crippen LogP contribution in [0.15, 0.2) is 35.3 Å². The van der Waals surface area contributed by atoms with Crippen LogP contribution in [0.5, 0.6) is 0 Å². The monoisotopic (exact) mass is 458 g/mol. The zero-order valence-electron chi connectivity index (χ0n) is 15.1. The first-order chi connectivity index (χ1) is 11.8. The summed E-state index contributed by atoms with van der Waals surface area (Å²) in [4.78, 5) is 16.6. The highest BCUT2D eigenvalue weighted by atomic mass is 127. The first-order valence-corrected chi connectivity index (χ1v) is 9.13. The quantitative estimate of drug-likeness (QED) is 0.334. The molecule has 1 fully saturated rings. The molecule has 0 aliphatic heterocycles. The lowest BCUT2D eigenvalue weighted by molar-refractivity contribution is -0.121. The largest absolute Gasteiger partial charge is 0.357 e. The van der Waals surface area contributed by atoms with Crippen molar-refractivity contribution in [3.63, 3.8) is 0 Å². The average Bonchev–Trinajstić information content (AvgIpc) is 2.61. The van der Waals surface area contributed by atoms with Crippen LogP contribution in [-0.4, -0.2) is 31.0 Å². The van der Waals surface area contributed by atoms with Crippen molar-refractivity contribution in [2.45, 2.75) is 58.0 Å². The van der Waals surface area contributed by atoms with E-state index in [-0.39, 0.29) is 29.9 Å². The second-order valence-corrected chi connectivity index (χ2v) is 6.26. The Labute approximate surface area is 168 Å². The summed E-state index contributed by atoms with van der Waals surface area (Å²) < 4.78 is 0. The summed E-state index contributed by atoms with van der Waals surface area (Å²) in [6.45, 7) is 4.06. The molecular formula is C19H31IN4O. The number of hydrogen-bond acceptors (Lipinski definition) is 2. The zero-order chi connectivity index (χ0) is 17.0. The van der Waals surface area contributed by atoms with Crippen molar-refractivity contribution in [2.24, 2.45) is 4.99 Å². The van der Waals surface area contributed by atoms with Crippen molar-refractivity contribution >= 4 is 35.8 Å². The van der Waals surface area contributed by atoms with Crippen LogP contribution in [0.4, 0.5) is 0 Å². The highest BCUT2D eigenvalue weighted by Crippen LogP contribution is 2.17. The van der Waals surface area contributed by atoms with Crippen molar-refractivity contribution < 1.29 is 4.79 Å². The smallest absolute Gasteiger partial charge is 0.221 e. The van der Waals surface area contributed by atoms with Gasteiger partial charge in [0, 0.05) is 25.6 Å². The first-order valence-electron chi connectivity index (χ1n) is 9.13. The second kappa shape index (κ2) is 13.0. The molecular weight excluding hydrogens is 427 g/mol. The van der Waals surface area contributed by atoms with E-state index in [4.69, 9.17) is 0 Å². The summed E-state index contributed by atoms with van der Waals surface area (Å²) in [5.41, 5.74) is 1.17. The molecule has 0 unspecified atom stereocenters. The number of carbonyl (C=O) groups excluding carboxylic acids is 1. The Kier molecular flexibility index (Phi) is 11.3. The highest BCUT2D eigenvalue weighted by Gasteiger charge is 2.15. The van der Waals surface area contributed by atoms with E-state index in [1.165, 1.54) is 24.8 Å². The summed E-state index contributed by atoms with van der Waals surface area (Å²) in [5.74, 6) is 0.889. The summed E-state index contributed by atoms with van der Waals surface area (Å²) in [7, 11) is 0. The van der Waals surface area contributed by atoms with E-state index in [0.29, 0.717) is 25.6 Å². The molecule has 0 atom stereocenters. The van der Waals surface area contributed by atoms with Gasteiger partial charge in [0.25, 0.3) is 0 Å². The number of rotatable bonds is 7. The van der Waals surface area contributed by atoms with Crippen LogP contribution in [0, 0.1) is 0 Å². The molecule has 1 aliphatic rings. The molecule has 0 radical (unpaired) electrons. The topological polar surface area (TPSA) is 65.5 Å². The minimum absolute atomic E-state index is 0. The number of hydrogen-bond donors (Lipinski definition) is 3. The molecule has 2 rings (SSSR count). The van der Waals surface area contributed by atoms with Gasteiger partial charge in [-0.1, -0.05) is 49.6 Å². The van der Waals surface area contributed by atoms with E-state index < -0.39 is 0 Å². The highest BCUT2D eigenvalue weighted by molar-refractivity contribution is 14.0. The van der Waals surface area contributed by atoms with Crippen LogP contribution >= 0.6 is 24.0 Å². The Morgan fingerprint density at radius 3 is 2.52 bits per heavy atom. The van der Waals surface area contributed by atoms with Crippen molar-refractivity contribution in [2.75, 3.05) is 13.1 Å². The molecule has 0 bridgehead atoms. The fraction of sp³-hybridized carbons (Fsp3) is 0.579. The summed E-state index contributed by atoms with van der Waals surface area (Å²) in [6, 6.07) is 10.5. The molecule has 1 aromatic rings. The first kappa shape index (κ1) is 21.7. The van der Waals surface area contributed by atoms with E-state index in [2.05, 4.69) is 33.1 Å². The fourth-order valence-corrected chi connectivity index (χ4v) is 2.94. The summed E-state index contributed by atoms with van der Waals surface area (Å²) in [6.07, 6.45) is 6.50. The van der Waals surface area contributed by atoms with Crippen molar-refractivity contribution in [1.29, 1.82) is 0 Å². The second-order valence-electron chi connectivity index (χ2n) is 6.26.